The molecule has 0 aliphatic carbocycles. The summed E-state index contributed by atoms with van der Waals surface area (Å²) in [6.07, 6.45) is -4.29. The summed E-state index contributed by atoms with van der Waals surface area (Å²) < 4.78 is 48.5. The van der Waals surface area contributed by atoms with E-state index in [1.807, 2.05) is 26.8 Å². The summed E-state index contributed by atoms with van der Waals surface area (Å²) >= 11 is 12.7. The van der Waals surface area contributed by atoms with Gasteiger partial charge in [0.2, 0.25) is 11.8 Å². The van der Waals surface area contributed by atoms with E-state index in [9.17, 15) is 18.0 Å². The first-order valence-electron chi connectivity index (χ1n) is 12.6. The fraction of sp³-hybridized carbons (Fsp3) is 0.276. The molecule has 2 aromatic carbocycles. The maximum Gasteiger partial charge on any atom is 0.573 e. The van der Waals surface area contributed by atoms with Crippen LogP contribution in [0.1, 0.15) is 43.3 Å². The van der Waals surface area contributed by atoms with Crippen molar-refractivity contribution in [1.82, 2.24) is 20.5 Å². The lowest BCUT2D eigenvalue weighted by atomic mass is 9.88. The van der Waals surface area contributed by atoms with Gasteiger partial charge >= 0.3 is 6.36 Å². The van der Waals surface area contributed by atoms with Gasteiger partial charge in [0.1, 0.15) is 11.4 Å². The van der Waals surface area contributed by atoms with Gasteiger partial charge in [0.25, 0.3) is 0 Å². The summed E-state index contributed by atoms with van der Waals surface area (Å²) in [5.41, 5.74) is 3.51. The number of ether oxygens (including phenoxy) is 2. The third kappa shape index (κ3) is 6.77. The number of hydrogen-bond acceptors (Lipinski definition) is 5. The monoisotopic (exact) mass is 604 g/mol. The molecule has 0 fully saturated rings. The van der Waals surface area contributed by atoms with Gasteiger partial charge in [-0.1, -0.05) is 35.3 Å². The molecule has 0 saturated heterocycles. The largest absolute Gasteiger partial charge is 0.573 e. The van der Waals surface area contributed by atoms with E-state index in [0.717, 1.165) is 5.69 Å². The highest BCUT2D eigenvalue weighted by Crippen LogP contribution is 2.45. The van der Waals surface area contributed by atoms with Gasteiger partial charge in [0.15, 0.2) is 0 Å². The van der Waals surface area contributed by atoms with Crippen LogP contribution in [0.2, 0.25) is 10.0 Å². The number of benzene rings is 2. The molecule has 3 heterocycles. The fourth-order valence-corrected chi connectivity index (χ4v) is 5.29. The van der Waals surface area contributed by atoms with Crippen LogP contribution in [-0.2, 0) is 11.2 Å². The van der Waals surface area contributed by atoms with Crippen molar-refractivity contribution in [2.75, 3.05) is 0 Å². The maximum atomic E-state index is 13.0. The van der Waals surface area contributed by atoms with E-state index in [4.69, 9.17) is 32.9 Å². The molecule has 1 atom stereocenters. The van der Waals surface area contributed by atoms with E-state index in [2.05, 4.69) is 20.3 Å². The van der Waals surface area contributed by atoms with Crippen LogP contribution < -0.4 is 14.8 Å². The first kappa shape index (κ1) is 28.8. The van der Waals surface area contributed by atoms with Crippen LogP contribution >= 0.6 is 23.2 Å². The third-order valence-electron chi connectivity index (χ3n) is 6.48. The Bertz CT molecular complexity index is 1600. The Hall–Kier alpha value is -3.76. The SMILES string of the molecule is Cc1cc(CC(=O)N[C@@H]2CC(C)(C)Oc3nc(-c4ccc(Cl)cc4Cl)c(-c4ccc(OC(F)(F)F)cc4)cc32)n[nH]1. The van der Waals surface area contributed by atoms with Gasteiger partial charge in [-0.2, -0.15) is 5.10 Å². The number of alkyl halides is 3. The number of nitrogens with zero attached hydrogens (tertiary/aromatic N) is 2. The Balaban J connectivity index is 1.59. The van der Waals surface area contributed by atoms with Crippen molar-refractivity contribution in [2.45, 2.75) is 51.6 Å². The number of carbonyl (C=O) groups excluding carboxylic acids is 1. The second kappa shape index (κ2) is 10.9. The van der Waals surface area contributed by atoms with Gasteiger partial charge in [-0.3, -0.25) is 9.89 Å². The number of amides is 1. The number of H-pyrrole nitrogens is 1. The zero-order valence-corrected chi connectivity index (χ0v) is 23.7. The predicted octanol–water partition coefficient (Wildman–Crippen LogP) is 7.61. The molecule has 0 saturated carbocycles. The molecule has 41 heavy (non-hydrogen) atoms. The molecular weight excluding hydrogens is 580 g/mol. The van der Waals surface area contributed by atoms with Crippen molar-refractivity contribution in [3.63, 3.8) is 0 Å². The van der Waals surface area contributed by atoms with Crippen molar-refractivity contribution in [2.24, 2.45) is 0 Å². The van der Waals surface area contributed by atoms with Gasteiger partial charge in [-0.05, 0) is 68.8 Å². The minimum absolute atomic E-state index is 0.0802. The summed E-state index contributed by atoms with van der Waals surface area (Å²) in [6.45, 7) is 5.65. The number of fused-ring (bicyclic) bond motifs is 1. The standard InChI is InChI=1S/C29H25Cl2F3N4O3/c1-15-10-18(38-37-15)12-25(39)35-24-14-28(2,3)41-27-22(24)13-21(16-4-7-19(8-5-16)40-29(32,33)34)26(36-27)20-9-6-17(30)11-23(20)31/h4-11,13,24H,12,14H2,1-3H3,(H,35,39)(H,37,38)/t24-/m1/s1. The molecular formula is C29H25Cl2F3N4O3. The van der Waals surface area contributed by atoms with Crippen molar-refractivity contribution < 1.29 is 27.4 Å². The summed E-state index contributed by atoms with van der Waals surface area (Å²) in [4.78, 5) is 17.9. The lowest BCUT2D eigenvalue weighted by Crippen LogP contribution is -2.42. The zero-order valence-electron chi connectivity index (χ0n) is 22.2. The Morgan fingerprint density at radius 2 is 1.85 bits per heavy atom. The van der Waals surface area contributed by atoms with Gasteiger partial charge in [0.05, 0.1) is 28.9 Å². The number of carbonyl (C=O) groups is 1. The van der Waals surface area contributed by atoms with Crippen LogP contribution in [-0.4, -0.2) is 33.1 Å². The Morgan fingerprint density at radius 3 is 2.49 bits per heavy atom. The van der Waals surface area contributed by atoms with E-state index >= 15 is 0 Å². The highest BCUT2D eigenvalue weighted by Gasteiger charge is 2.37. The number of halogens is 5. The van der Waals surface area contributed by atoms with Crippen molar-refractivity contribution >= 4 is 29.1 Å². The smallest absolute Gasteiger partial charge is 0.471 e. The Kier molecular flexibility index (Phi) is 7.65. The summed E-state index contributed by atoms with van der Waals surface area (Å²) in [5, 5.41) is 10.8. The molecule has 1 amide bonds. The van der Waals surface area contributed by atoms with E-state index in [1.165, 1.54) is 24.3 Å². The zero-order chi connectivity index (χ0) is 29.5. The minimum Gasteiger partial charge on any atom is -0.471 e. The third-order valence-corrected chi connectivity index (χ3v) is 7.03. The van der Waals surface area contributed by atoms with Crippen LogP contribution in [0.25, 0.3) is 22.4 Å². The van der Waals surface area contributed by atoms with Gasteiger partial charge in [-0.25, -0.2) is 4.98 Å². The van der Waals surface area contributed by atoms with Crippen LogP contribution in [0.4, 0.5) is 13.2 Å². The topological polar surface area (TPSA) is 89.1 Å². The molecule has 7 nitrogen and oxygen atoms in total. The highest BCUT2D eigenvalue weighted by atomic mass is 35.5. The molecule has 2 aromatic heterocycles. The molecule has 1 aliphatic heterocycles. The van der Waals surface area contributed by atoms with Crippen molar-refractivity contribution in [3.05, 3.63) is 81.6 Å². The first-order chi connectivity index (χ1) is 19.3. The Labute approximate surface area is 244 Å². The molecule has 2 N–H and O–H groups in total. The number of nitrogens with one attached hydrogen (secondary N) is 2. The van der Waals surface area contributed by atoms with Crippen LogP contribution in [0.15, 0.2) is 54.6 Å². The van der Waals surface area contributed by atoms with Crippen LogP contribution in [0.3, 0.4) is 0 Å². The first-order valence-corrected chi connectivity index (χ1v) is 13.4. The quantitative estimate of drug-likeness (QED) is 0.236. The van der Waals surface area contributed by atoms with Gasteiger partial charge in [0, 0.05) is 33.8 Å². The van der Waals surface area contributed by atoms with Crippen molar-refractivity contribution in [1.29, 1.82) is 0 Å². The number of aromatic nitrogens is 3. The van der Waals surface area contributed by atoms with Gasteiger partial charge < -0.3 is 14.8 Å². The number of aryl methyl sites for hydroxylation is 1. The highest BCUT2D eigenvalue weighted by molar-refractivity contribution is 6.36. The lowest BCUT2D eigenvalue weighted by molar-refractivity contribution is -0.274. The molecule has 0 unspecified atom stereocenters. The second-order valence-electron chi connectivity index (χ2n) is 10.4. The predicted molar refractivity (Wildman–Crippen MR) is 149 cm³/mol. The normalized spacial score (nSPS) is 16.0. The molecule has 214 valence electrons. The van der Waals surface area contributed by atoms with E-state index in [1.54, 1.807) is 24.3 Å². The minimum atomic E-state index is -4.82. The fourth-order valence-electron chi connectivity index (χ4n) is 4.79. The number of rotatable bonds is 6. The van der Waals surface area contributed by atoms with E-state index < -0.39 is 18.0 Å². The average molecular weight is 605 g/mol. The number of pyridine rings is 1. The Morgan fingerprint density at radius 1 is 1.12 bits per heavy atom. The number of hydrogen-bond donors (Lipinski definition) is 2. The number of aromatic amines is 1. The molecule has 0 radical (unpaired) electrons. The van der Waals surface area contributed by atoms with Gasteiger partial charge in [-0.15, -0.1) is 13.2 Å². The van der Waals surface area contributed by atoms with Crippen LogP contribution in [0, 0.1) is 6.92 Å². The summed E-state index contributed by atoms with van der Waals surface area (Å²) in [7, 11) is 0. The average Bonchev–Trinajstić information content (AvgIpc) is 3.26. The molecule has 0 bridgehead atoms. The van der Waals surface area contributed by atoms with E-state index in [-0.39, 0.29) is 18.1 Å². The van der Waals surface area contributed by atoms with Crippen LogP contribution in [0.5, 0.6) is 11.6 Å². The molecule has 1 aliphatic rings. The maximum absolute atomic E-state index is 13.0. The molecule has 0 spiro atoms. The molecule has 12 heteroatoms. The lowest BCUT2D eigenvalue weighted by Gasteiger charge is -2.37. The summed E-state index contributed by atoms with van der Waals surface area (Å²) in [6, 6.07) is 13.6. The second-order valence-corrected chi connectivity index (χ2v) is 11.2. The molecule has 4 aromatic rings. The molecule has 5 rings (SSSR count). The van der Waals surface area contributed by atoms with E-state index in [0.29, 0.717) is 56.0 Å². The summed E-state index contributed by atoms with van der Waals surface area (Å²) in [5.74, 6) is -0.281. The van der Waals surface area contributed by atoms with Crippen molar-refractivity contribution in [3.8, 4) is 34.0 Å².